The predicted octanol–water partition coefficient (Wildman–Crippen LogP) is 1.98. The van der Waals surface area contributed by atoms with Crippen molar-refractivity contribution in [3.05, 3.63) is 35.9 Å². The van der Waals surface area contributed by atoms with Gasteiger partial charge in [0.25, 0.3) is 0 Å². The molecule has 1 aliphatic heterocycles. The highest BCUT2D eigenvalue weighted by molar-refractivity contribution is 7.91. The molecule has 3 nitrogen and oxygen atoms in total. The van der Waals surface area contributed by atoms with Gasteiger partial charge < -0.3 is 4.90 Å². The van der Waals surface area contributed by atoms with Crippen molar-refractivity contribution in [2.45, 2.75) is 25.8 Å². The molecule has 19 heavy (non-hydrogen) atoms. The van der Waals surface area contributed by atoms with Crippen molar-refractivity contribution in [2.24, 2.45) is 5.92 Å². The van der Waals surface area contributed by atoms with Crippen molar-refractivity contribution in [1.29, 1.82) is 0 Å². The number of hydrogen-bond acceptors (Lipinski definition) is 3. The summed E-state index contributed by atoms with van der Waals surface area (Å²) in [6.45, 7) is 3.18. The van der Waals surface area contributed by atoms with Crippen LogP contribution in [0.4, 0.5) is 0 Å². The van der Waals surface area contributed by atoms with E-state index in [1.807, 2.05) is 13.1 Å². The molecule has 0 aliphatic carbocycles. The van der Waals surface area contributed by atoms with Gasteiger partial charge in [-0.25, -0.2) is 8.42 Å². The highest BCUT2D eigenvalue weighted by Crippen LogP contribution is 2.18. The summed E-state index contributed by atoms with van der Waals surface area (Å²) in [5, 5.41) is 0. The van der Waals surface area contributed by atoms with Crippen LogP contribution in [0.5, 0.6) is 0 Å². The summed E-state index contributed by atoms with van der Waals surface area (Å²) >= 11 is 0. The summed E-state index contributed by atoms with van der Waals surface area (Å²) in [5.74, 6) is 1.23. The van der Waals surface area contributed by atoms with Crippen molar-refractivity contribution in [3.8, 4) is 0 Å². The van der Waals surface area contributed by atoms with Gasteiger partial charge in [-0.05, 0) is 31.4 Å². The van der Waals surface area contributed by atoms with Gasteiger partial charge in [-0.15, -0.1) is 0 Å². The molecular weight excluding hydrogens is 258 g/mol. The first-order chi connectivity index (χ1) is 8.96. The number of rotatable bonds is 5. The maximum Gasteiger partial charge on any atom is 0.151 e. The van der Waals surface area contributed by atoms with E-state index < -0.39 is 9.84 Å². The van der Waals surface area contributed by atoms with Crippen LogP contribution in [0.1, 0.15) is 18.9 Å². The average Bonchev–Trinajstić information content (AvgIpc) is 2.71. The molecule has 0 saturated carbocycles. The molecule has 0 radical (unpaired) electrons. The van der Waals surface area contributed by atoms with E-state index in [4.69, 9.17) is 0 Å². The van der Waals surface area contributed by atoms with Crippen LogP contribution in [0.15, 0.2) is 30.3 Å². The van der Waals surface area contributed by atoms with E-state index in [2.05, 4.69) is 36.1 Å². The Balaban J connectivity index is 1.84. The first kappa shape index (κ1) is 14.5. The molecule has 1 heterocycles. The number of nitrogens with zero attached hydrogens (tertiary/aromatic N) is 1. The quantitative estimate of drug-likeness (QED) is 0.828. The molecule has 4 heteroatoms. The third kappa shape index (κ3) is 4.32. The molecule has 1 aromatic rings. The minimum Gasteiger partial charge on any atom is -0.302 e. The second-order valence-electron chi connectivity index (χ2n) is 5.79. The second-order valence-corrected chi connectivity index (χ2v) is 8.02. The normalized spacial score (nSPS) is 23.6. The van der Waals surface area contributed by atoms with Crippen molar-refractivity contribution in [3.63, 3.8) is 0 Å². The van der Waals surface area contributed by atoms with E-state index in [1.54, 1.807) is 0 Å². The average molecular weight is 281 g/mol. The third-order valence-corrected chi connectivity index (χ3v) is 5.61. The Kier molecular flexibility index (Phi) is 4.63. The largest absolute Gasteiger partial charge is 0.302 e. The fourth-order valence-electron chi connectivity index (χ4n) is 2.84. The Morgan fingerprint density at radius 1 is 1.32 bits per heavy atom. The maximum absolute atomic E-state index is 11.5. The minimum absolute atomic E-state index is 0.211. The molecule has 1 fully saturated rings. The van der Waals surface area contributed by atoms with Gasteiger partial charge in [0.05, 0.1) is 11.5 Å². The van der Waals surface area contributed by atoms with E-state index in [0.717, 1.165) is 19.4 Å². The molecule has 1 aliphatic rings. The topological polar surface area (TPSA) is 37.4 Å². The van der Waals surface area contributed by atoms with Gasteiger partial charge in [0.15, 0.2) is 9.84 Å². The Morgan fingerprint density at radius 2 is 2.00 bits per heavy atom. The second kappa shape index (κ2) is 6.06. The van der Waals surface area contributed by atoms with Gasteiger partial charge in [0.2, 0.25) is 0 Å². The Morgan fingerprint density at radius 3 is 2.58 bits per heavy atom. The third-order valence-electron chi connectivity index (χ3n) is 3.86. The van der Waals surface area contributed by atoms with Crippen LogP contribution < -0.4 is 0 Å². The Bertz CT molecular complexity index is 498. The van der Waals surface area contributed by atoms with Crippen LogP contribution >= 0.6 is 0 Å². The lowest BCUT2D eigenvalue weighted by atomic mass is 10.00. The van der Waals surface area contributed by atoms with Gasteiger partial charge in [-0.1, -0.05) is 37.3 Å². The van der Waals surface area contributed by atoms with Gasteiger partial charge in [0, 0.05) is 12.6 Å². The molecule has 106 valence electrons. The standard InChI is InChI=1S/C15H23NO2S/c1-13(10-14-6-4-3-5-7-14)11-16(2)15-8-9-19(17,18)12-15/h3-7,13,15H,8-12H2,1-2H3/t13-,15+/m0/s1. The molecule has 0 spiro atoms. The fourth-order valence-corrected chi connectivity index (χ4v) is 4.65. The number of hydrogen-bond donors (Lipinski definition) is 0. The molecule has 0 N–H and O–H groups in total. The SMILES string of the molecule is C[C@@H](Cc1ccccc1)CN(C)[C@@H]1CCS(=O)(=O)C1. The summed E-state index contributed by atoms with van der Waals surface area (Å²) in [7, 11) is -0.728. The first-order valence-corrected chi connectivity index (χ1v) is 8.73. The first-order valence-electron chi connectivity index (χ1n) is 6.91. The van der Waals surface area contributed by atoms with Crippen LogP contribution in [0.25, 0.3) is 0 Å². The summed E-state index contributed by atoms with van der Waals surface area (Å²) in [6.07, 6.45) is 1.83. The highest BCUT2D eigenvalue weighted by atomic mass is 32.2. The number of sulfone groups is 1. The van der Waals surface area contributed by atoms with E-state index in [-0.39, 0.29) is 6.04 Å². The minimum atomic E-state index is -2.78. The molecule has 0 bridgehead atoms. The van der Waals surface area contributed by atoms with Crippen LogP contribution in [-0.4, -0.2) is 44.5 Å². The zero-order valence-corrected chi connectivity index (χ0v) is 12.6. The van der Waals surface area contributed by atoms with Crippen LogP contribution in [0.2, 0.25) is 0 Å². The number of benzene rings is 1. The van der Waals surface area contributed by atoms with Crippen molar-refractivity contribution >= 4 is 9.84 Å². The predicted molar refractivity (Wildman–Crippen MR) is 79.0 cm³/mol. The molecule has 0 amide bonds. The molecule has 1 aromatic carbocycles. The Hall–Kier alpha value is -0.870. The fraction of sp³-hybridized carbons (Fsp3) is 0.600. The summed E-state index contributed by atoms with van der Waals surface area (Å²) in [6, 6.07) is 10.7. The van der Waals surface area contributed by atoms with Crippen molar-refractivity contribution < 1.29 is 8.42 Å². The smallest absolute Gasteiger partial charge is 0.151 e. The van der Waals surface area contributed by atoms with E-state index in [9.17, 15) is 8.42 Å². The lowest BCUT2D eigenvalue weighted by molar-refractivity contribution is 0.227. The Labute approximate surface area is 116 Å². The molecule has 0 unspecified atom stereocenters. The zero-order chi connectivity index (χ0) is 13.9. The lowest BCUT2D eigenvalue weighted by Crippen LogP contribution is -2.36. The van der Waals surface area contributed by atoms with Gasteiger partial charge in [-0.2, -0.15) is 0 Å². The maximum atomic E-state index is 11.5. The molecule has 0 aromatic heterocycles. The van der Waals surface area contributed by atoms with E-state index in [0.29, 0.717) is 17.4 Å². The summed E-state index contributed by atoms with van der Waals surface area (Å²) < 4.78 is 23.0. The van der Waals surface area contributed by atoms with Crippen LogP contribution in [-0.2, 0) is 16.3 Å². The van der Waals surface area contributed by atoms with Gasteiger partial charge in [0.1, 0.15) is 0 Å². The summed E-state index contributed by atoms with van der Waals surface area (Å²) in [5.41, 5.74) is 1.35. The lowest BCUT2D eigenvalue weighted by Gasteiger charge is -2.26. The van der Waals surface area contributed by atoms with Crippen LogP contribution in [0, 0.1) is 5.92 Å². The monoisotopic (exact) mass is 281 g/mol. The highest BCUT2D eigenvalue weighted by Gasteiger charge is 2.30. The van der Waals surface area contributed by atoms with Crippen molar-refractivity contribution in [2.75, 3.05) is 25.1 Å². The molecular formula is C15H23NO2S. The van der Waals surface area contributed by atoms with Crippen molar-refractivity contribution in [1.82, 2.24) is 4.90 Å². The van der Waals surface area contributed by atoms with E-state index in [1.165, 1.54) is 5.56 Å². The molecule has 1 saturated heterocycles. The zero-order valence-electron chi connectivity index (χ0n) is 11.7. The molecule has 2 atom stereocenters. The van der Waals surface area contributed by atoms with E-state index >= 15 is 0 Å². The molecule has 2 rings (SSSR count). The van der Waals surface area contributed by atoms with Crippen LogP contribution in [0.3, 0.4) is 0 Å². The van der Waals surface area contributed by atoms with Gasteiger partial charge in [-0.3, -0.25) is 0 Å². The van der Waals surface area contributed by atoms with Gasteiger partial charge >= 0.3 is 0 Å². The summed E-state index contributed by atoms with van der Waals surface area (Å²) in [4.78, 5) is 2.22.